The van der Waals surface area contributed by atoms with Gasteiger partial charge in [-0.1, -0.05) is 48.4 Å². The van der Waals surface area contributed by atoms with Crippen LogP contribution in [0.2, 0.25) is 0 Å². The van der Waals surface area contributed by atoms with Gasteiger partial charge in [0.05, 0.1) is 12.2 Å². The van der Waals surface area contributed by atoms with Crippen molar-refractivity contribution in [3.63, 3.8) is 0 Å². The van der Waals surface area contributed by atoms with Crippen LogP contribution in [0.15, 0.2) is 30.3 Å². The Labute approximate surface area is 124 Å². The highest BCUT2D eigenvalue weighted by Crippen LogP contribution is 2.18. The van der Waals surface area contributed by atoms with E-state index < -0.39 is 0 Å². The smallest absolute Gasteiger partial charge is 0.273 e. The van der Waals surface area contributed by atoms with E-state index in [1.807, 2.05) is 37.3 Å². The molecule has 21 heavy (non-hydrogen) atoms. The van der Waals surface area contributed by atoms with Crippen molar-refractivity contribution < 1.29 is 4.79 Å². The largest absolute Gasteiger partial charge is 0.348 e. The van der Waals surface area contributed by atoms with Gasteiger partial charge in [-0.25, -0.2) is 4.68 Å². The molecule has 0 bridgehead atoms. The lowest BCUT2D eigenvalue weighted by Crippen LogP contribution is -2.33. The summed E-state index contributed by atoms with van der Waals surface area (Å²) in [5.41, 5.74) is 2.40. The summed E-state index contributed by atoms with van der Waals surface area (Å²) in [4.78, 5) is 12.3. The zero-order chi connectivity index (χ0) is 14.7. The molecule has 0 aliphatic heterocycles. The summed E-state index contributed by atoms with van der Waals surface area (Å²) in [6.07, 6.45) is 4.54. The molecule has 1 aromatic heterocycles. The third-order valence-electron chi connectivity index (χ3n) is 4.06. The molecule has 2 aromatic rings. The van der Waals surface area contributed by atoms with Crippen molar-refractivity contribution >= 4 is 5.91 Å². The molecule has 3 rings (SSSR count). The monoisotopic (exact) mass is 284 g/mol. The Kier molecular flexibility index (Phi) is 3.99. The van der Waals surface area contributed by atoms with Gasteiger partial charge in [-0.2, -0.15) is 0 Å². The molecule has 1 heterocycles. The average molecular weight is 284 g/mol. The number of benzene rings is 1. The van der Waals surface area contributed by atoms with Crippen LogP contribution in [0.3, 0.4) is 0 Å². The summed E-state index contributed by atoms with van der Waals surface area (Å²) in [5.74, 6) is -0.0984. The van der Waals surface area contributed by atoms with Gasteiger partial charge < -0.3 is 5.32 Å². The predicted octanol–water partition coefficient (Wildman–Crippen LogP) is 2.31. The Balaban J connectivity index is 1.71. The van der Waals surface area contributed by atoms with Gasteiger partial charge in [0, 0.05) is 6.04 Å². The molecule has 1 fully saturated rings. The summed E-state index contributed by atoms with van der Waals surface area (Å²) < 4.78 is 1.78. The van der Waals surface area contributed by atoms with Gasteiger partial charge in [0.15, 0.2) is 5.69 Å². The van der Waals surface area contributed by atoms with Crippen molar-refractivity contribution in [2.24, 2.45) is 0 Å². The van der Waals surface area contributed by atoms with Crippen molar-refractivity contribution in [2.45, 2.75) is 45.2 Å². The molecule has 1 N–H and O–H groups in total. The van der Waals surface area contributed by atoms with Crippen molar-refractivity contribution in [2.75, 3.05) is 0 Å². The Bertz CT molecular complexity index is 614. The molecule has 1 amide bonds. The van der Waals surface area contributed by atoms with E-state index >= 15 is 0 Å². The highest BCUT2D eigenvalue weighted by atomic mass is 16.2. The Morgan fingerprint density at radius 2 is 2.00 bits per heavy atom. The van der Waals surface area contributed by atoms with Crippen LogP contribution in [0.5, 0.6) is 0 Å². The maximum atomic E-state index is 12.3. The number of amides is 1. The lowest BCUT2D eigenvalue weighted by molar-refractivity contribution is 0.0932. The number of rotatable bonds is 4. The van der Waals surface area contributed by atoms with E-state index in [0.717, 1.165) is 24.1 Å². The number of carbonyl (C=O) groups is 1. The fourth-order valence-corrected chi connectivity index (χ4v) is 2.80. The maximum absolute atomic E-state index is 12.3. The quantitative estimate of drug-likeness (QED) is 0.937. The lowest BCUT2D eigenvalue weighted by atomic mass is 10.2. The molecule has 0 saturated heterocycles. The van der Waals surface area contributed by atoms with E-state index in [1.165, 1.54) is 12.8 Å². The van der Waals surface area contributed by atoms with Gasteiger partial charge in [-0.05, 0) is 25.3 Å². The van der Waals surface area contributed by atoms with Crippen molar-refractivity contribution in [3.8, 4) is 0 Å². The molecule has 0 unspecified atom stereocenters. The van der Waals surface area contributed by atoms with E-state index in [1.54, 1.807) is 4.68 Å². The zero-order valence-corrected chi connectivity index (χ0v) is 12.2. The minimum absolute atomic E-state index is 0.0984. The van der Waals surface area contributed by atoms with Crippen LogP contribution in [0.1, 0.15) is 47.4 Å². The molecule has 0 atom stereocenters. The van der Waals surface area contributed by atoms with Crippen molar-refractivity contribution in [1.82, 2.24) is 20.3 Å². The number of hydrogen-bond acceptors (Lipinski definition) is 3. The van der Waals surface area contributed by atoms with Crippen LogP contribution < -0.4 is 5.32 Å². The van der Waals surface area contributed by atoms with Crippen molar-refractivity contribution in [1.29, 1.82) is 0 Å². The SMILES string of the molecule is Cc1c(C(=O)NC2CCCC2)nnn1Cc1ccccc1. The maximum Gasteiger partial charge on any atom is 0.273 e. The highest BCUT2D eigenvalue weighted by molar-refractivity contribution is 5.93. The van der Waals surface area contributed by atoms with Gasteiger partial charge in [0.25, 0.3) is 5.91 Å². The first-order valence-corrected chi connectivity index (χ1v) is 7.49. The van der Waals surface area contributed by atoms with Gasteiger partial charge >= 0.3 is 0 Å². The second-order valence-electron chi connectivity index (χ2n) is 5.62. The summed E-state index contributed by atoms with van der Waals surface area (Å²) in [6, 6.07) is 10.4. The summed E-state index contributed by atoms with van der Waals surface area (Å²) in [6.45, 7) is 2.53. The number of nitrogens with one attached hydrogen (secondary N) is 1. The Morgan fingerprint density at radius 1 is 1.29 bits per heavy atom. The molecule has 1 aliphatic carbocycles. The first-order valence-electron chi connectivity index (χ1n) is 7.49. The van der Waals surface area contributed by atoms with Crippen LogP contribution in [0.4, 0.5) is 0 Å². The number of nitrogens with zero attached hydrogens (tertiary/aromatic N) is 3. The van der Waals surface area contributed by atoms with Crippen molar-refractivity contribution in [3.05, 3.63) is 47.3 Å². The summed E-state index contributed by atoms with van der Waals surface area (Å²) in [7, 11) is 0. The first kappa shape index (κ1) is 13.8. The molecular formula is C16H20N4O. The molecule has 5 nitrogen and oxygen atoms in total. The third kappa shape index (κ3) is 3.12. The summed E-state index contributed by atoms with van der Waals surface area (Å²) in [5, 5.41) is 11.2. The van der Waals surface area contributed by atoms with Crippen LogP contribution in [0.25, 0.3) is 0 Å². The van der Waals surface area contributed by atoms with Gasteiger partial charge in [0.2, 0.25) is 0 Å². The molecule has 110 valence electrons. The minimum atomic E-state index is -0.0984. The van der Waals surface area contributed by atoms with Crippen LogP contribution >= 0.6 is 0 Å². The number of aromatic nitrogens is 3. The van der Waals surface area contributed by atoms with E-state index in [4.69, 9.17) is 0 Å². The molecule has 0 spiro atoms. The van der Waals surface area contributed by atoms with Crippen LogP contribution in [-0.2, 0) is 6.54 Å². The van der Waals surface area contributed by atoms with E-state index in [0.29, 0.717) is 18.3 Å². The van der Waals surface area contributed by atoms with Gasteiger partial charge in [-0.15, -0.1) is 5.10 Å². The zero-order valence-electron chi connectivity index (χ0n) is 12.2. The Hall–Kier alpha value is -2.17. The van der Waals surface area contributed by atoms with Crippen LogP contribution in [0, 0.1) is 6.92 Å². The van der Waals surface area contributed by atoms with E-state index in [-0.39, 0.29) is 5.91 Å². The highest BCUT2D eigenvalue weighted by Gasteiger charge is 2.22. The molecule has 1 aromatic carbocycles. The molecule has 5 heteroatoms. The fraction of sp³-hybridized carbons (Fsp3) is 0.438. The number of hydrogen-bond donors (Lipinski definition) is 1. The average Bonchev–Trinajstić information content (AvgIpc) is 3.11. The standard InChI is InChI=1S/C16H20N4O/c1-12-15(16(21)17-14-9-5-6-10-14)18-19-20(12)11-13-7-3-2-4-8-13/h2-4,7-8,14H,5-6,9-11H2,1H3,(H,17,21). The van der Waals surface area contributed by atoms with E-state index in [2.05, 4.69) is 15.6 Å². The predicted molar refractivity (Wildman–Crippen MR) is 80.0 cm³/mol. The van der Waals surface area contributed by atoms with E-state index in [9.17, 15) is 4.79 Å². The molecule has 1 saturated carbocycles. The normalized spacial score (nSPS) is 15.3. The fourth-order valence-electron chi connectivity index (χ4n) is 2.80. The second-order valence-corrected chi connectivity index (χ2v) is 5.62. The van der Waals surface area contributed by atoms with Gasteiger partial charge in [-0.3, -0.25) is 4.79 Å². The summed E-state index contributed by atoms with van der Waals surface area (Å²) >= 11 is 0. The molecule has 0 radical (unpaired) electrons. The van der Waals surface area contributed by atoms with Crippen LogP contribution in [-0.4, -0.2) is 26.9 Å². The third-order valence-corrected chi connectivity index (χ3v) is 4.06. The Morgan fingerprint density at radius 3 is 2.71 bits per heavy atom. The minimum Gasteiger partial charge on any atom is -0.348 e. The van der Waals surface area contributed by atoms with Gasteiger partial charge in [0.1, 0.15) is 0 Å². The number of carbonyl (C=O) groups excluding carboxylic acids is 1. The lowest BCUT2D eigenvalue weighted by Gasteiger charge is -2.10. The molecule has 1 aliphatic rings. The molecular weight excluding hydrogens is 264 g/mol. The second kappa shape index (κ2) is 6.08. The first-order chi connectivity index (χ1) is 10.2. The topological polar surface area (TPSA) is 59.8 Å².